The number of hydrogen-bond donors (Lipinski definition) is 2. The minimum absolute atomic E-state index is 0.114. The number of nitrogens with one attached hydrogen (secondary N) is 2. The van der Waals surface area contributed by atoms with Gasteiger partial charge in [-0.05, 0) is 55.2 Å². The predicted octanol–water partition coefficient (Wildman–Crippen LogP) is 5.75. The lowest BCUT2D eigenvalue weighted by Gasteiger charge is -2.10. The van der Waals surface area contributed by atoms with Crippen LogP contribution in [-0.4, -0.2) is 32.1 Å². The Kier molecular flexibility index (Phi) is 13.5. The molecule has 0 aliphatic rings. The van der Waals surface area contributed by atoms with Crippen molar-refractivity contribution >= 4 is 17.5 Å². The van der Waals surface area contributed by atoms with Gasteiger partial charge in [0.05, 0.1) is 13.2 Å². The lowest BCUT2D eigenvalue weighted by atomic mass is 10.1. The number of rotatable bonds is 11. The summed E-state index contributed by atoms with van der Waals surface area (Å²) in [5, 5.41) is 5.54. The maximum absolute atomic E-state index is 11.9. The van der Waals surface area contributed by atoms with Gasteiger partial charge in [-0.15, -0.1) is 0 Å². The number of carbonyl (C=O) groups is 2. The third-order valence-electron chi connectivity index (χ3n) is 4.95. The first-order valence-electron chi connectivity index (χ1n) is 11.2. The molecule has 2 amide bonds. The van der Waals surface area contributed by atoms with Crippen molar-refractivity contribution in [3.63, 3.8) is 0 Å². The Morgan fingerprint density at radius 1 is 0.938 bits per heavy atom. The van der Waals surface area contributed by atoms with E-state index in [4.69, 9.17) is 9.47 Å². The third-order valence-corrected chi connectivity index (χ3v) is 4.95. The number of urea groups is 1. The molecular formula is C26H38N2O4. The Hall–Kier alpha value is -2.86. The molecule has 0 aliphatic heterocycles. The van der Waals surface area contributed by atoms with E-state index in [9.17, 15) is 9.59 Å². The van der Waals surface area contributed by atoms with Crippen molar-refractivity contribution in [1.29, 1.82) is 0 Å². The van der Waals surface area contributed by atoms with Gasteiger partial charge in [0.2, 0.25) is 0 Å². The second-order valence-electron chi connectivity index (χ2n) is 7.64. The first kappa shape index (κ1) is 27.2. The highest BCUT2D eigenvalue weighted by Gasteiger charge is 2.03. The normalized spacial score (nSPS) is 11.0. The molecule has 0 heterocycles. The minimum Gasteiger partial charge on any atom is -0.497 e. The van der Waals surface area contributed by atoms with Gasteiger partial charge in [0.25, 0.3) is 0 Å². The summed E-state index contributed by atoms with van der Waals surface area (Å²) in [4.78, 5) is 22.9. The maximum atomic E-state index is 11.9. The highest BCUT2D eigenvalue weighted by atomic mass is 16.5. The standard InChI is InChI=1S/C18H20N2O3.C8H18O/c1-13(21)11-14-3-7-16(8-4-14)20-18(22)19-12-15-5-9-17(23-2)10-6-15;1-4-6-7-8(5-2)9-3/h3-10H,11-12H2,1-2H3,(H2,19,20,22);8H,4-7H2,1-3H3. The summed E-state index contributed by atoms with van der Waals surface area (Å²) in [5.41, 5.74) is 2.60. The highest BCUT2D eigenvalue weighted by molar-refractivity contribution is 5.89. The summed E-state index contributed by atoms with van der Waals surface area (Å²) in [6.07, 6.45) is 5.86. The van der Waals surface area contributed by atoms with E-state index < -0.39 is 0 Å². The number of amides is 2. The SMILES string of the molecule is CCCCC(CC)OC.COc1ccc(CNC(=O)Nc2ccc(CC(C)=O)cc2)cc1. The summed E-state index contributed by atoms with van der Waals surface area (Å²) in [6.45, 7) is 6.36. The number of methoxy groups -OCH3 is 2. The number of ether oxygens (including phenoxy) is 2. The van der Waals surface area contributed by atoms with Crippen LogP contribution in [0.5, 0.6) is 5.75 Å². The molecule has 0 fully saturated rings. The van der Waals surface area contributed by atoms with Gasteiger partial charge >= 0.3 is 6.03 Å². The molecular weight excluding hydrogens is 404 g/mol. The van der Waals surface area contributed by atoms with Gasteiger partial charge in [0.15, 0.2) is 0 Å². The van der Waals surface area contributed by atoms with E-state index in [1.807, 2.05) is 36.4 Å². The van der Waals surface area contributed by atoms with Gasteiger partial charge in [-0.25, -0.2) is 4.79 Å². The van der Waals surface area contributed by atoms with Crippen LogP contribution in [0.3, 0.4) is 0 Å². The predicted molar refractivity (Wildman–Crippen MR) is 130 cm³/mol. The number of Topliss-reactive ketones (excluding diaryl/α,β-unsaturated/α-hetero) is 1. The maximum Gasteiger partial charge on any atom is 0.319 e. The molecule has 0 spiro atoms. The van der Waals surface area contributed by atoms with Crippen LogP contribution in [-0.2, 0) is 22.5 Å². The fourth-order valence-electron chi connectivity index (χ4n) is 3.01. The summed E-state index contributed by atoms with van der Waals surface area (Å²) in [5.74, 6) is 0.895. The fraction of sp³-hybridized carbons (Fsp3) is 0.462. The molecule has 2 aromatic carbocycles. The van der Waals surface area contributed by atoms with Crippen LogP contribution < -0.4 is 15.4 Å². The van der Waals surface area contributed by atoms with Crippen LogP contribution in [0.1, 0.15) is 57.6 Å². The molecule has 2 rings (SSSR count). The van der Waals surface area contributed by atoms with E-state index in [-0.39, 0.29) is 11.8 Å². The van der Waals surface area contributed by atoms with E-state index in [1.165, 1.54) is 19.3 Å². The fourth-order valence-corrected chi connectivity index (χ4v) is 3.01. The number of anilines is 1. The molecule has 0 aliphatic carbocycles. The van der Waals surface area contributed by atoms with Gasteiger partial charge in [0.1, 0.15) is 11.5 Å². The second-order valence-corrected chi connectivity index (χ2v) is 7.64. The zero-order valence-electron chi connectivity index (χ0n) is 20.1. The Bertz CT molecular complexity index is 784. The molecule has 2 aromatic rings. The summed E-state index contributed by atoms with van der Waals surface area (Å²) in [7, 11) is 3.41. The Balaban J connectivity index is 0.000000482. The summed E-state index contributed by atoms with van der Waals surface area (Å²) in [6, 6.07) is 14.5. The van der Waals surface area contributed by atoms with Crippen molar-refractivity contribution in [2.45, 2.75) is 65.5 Å². The van der Waals surface area contributed by atoms with E-state index in [2.05, 4.69) is 24.5 Å². The lowest BCUT2D eigenvalue weighted by molar-refractivity contribution is -0.116. The minimum atomic E-state index is -0.278. The smallest absolute Gasteiger partial charge is 0.319 e. The van der Waals surface area contributed by atoms with Crippen molar-refractivity contribution in [1.82, 2.24) is 5.32 Å². The van der Waals surface area contributed by atoms with Crippen molar-refractivity contribution in [2.24, 2.45) is 0 Å². The van der Waals surface area contributed by atoms with Gasteiger partial charge < -0.3 is 20.1 Å². The monoisotopic (exact) mass is 442 g/mol. The van der Waals surface area contributed by atoms with Crippen LogP contribution in [0.25, 0.3) is 0 Å². The molecule has 176 valence electrons. The molecule has 1 atom stereocenters. The van der Waals surface area contributed by atoms with Gasteiger partial charge in [-0.3, -0.25) is 4.79 Å². The lowest BCUT2D eigenvalue weighted by Crippen LogP contribution is -2.28. The first-order valence-corrected chi connectivity index (χ1v) is 11.2. The van der Waals surface area contributed by atoms with Crippen LogP contribution in [0.4, 0.5) is 10.5 Å². The Labute approximate surface area is 192 Å². The van der Waals surface area contributed by atoms with E-state index >= 15 is 0 Å². The van der Waals surface area contributed by atoms with Crippen molar-refractivity contribution in [2.75, 3.05) is 19.5 Å². The topological polar surface area (TPSA) is 76.7 Å². The van der Waals surface area contributed by atoms with E-state index in [1.54, 1.807) is 33.3 Å². The molecule has 0 aromatic heterocycles. The van der Waals surface area contributed by atoms with Gasteiger partial charge in [0, 0.05) is 25.8 Å². The Morgan fingerprint density at radius 3 is 2.06 bits per heavy atom. The zero-order valence-corrected chi connectivity index (χ0v) is 20.1. The molecule has 0 saturated carbocycles. The zero-order chi connectivity index (χ0) is 23.8. The molecule has 0 bridgehead atoms. The molecule has 1 unspecified atom stereocenters. The molecule has 2 N–H and O–H groups in total. The number of benzene rings is 2. The average molecular weight is 443 g/mol. The van der Waals surface area contributed by atoms with Crippen molar-refractivity contribution in [3.8, 4) is 5.75 Å². The second kappa shape index (κ2) is 15.9. The average Bonchev–Trinajstić information content (AvgIpc) is 2.80. The summed E-state index contributed by atoms with van der Waals surface area (Å²) >= 11 is 0. The van der Waals surface area contributed by atoms with Crippen LogP contribution in [0.2, 0.25) is 0 Å². The molecule has 32 heavy (non-hydrogen) atoms. The molecule has 0 radical (unpaired) electrons. The van der Waals surface area contributed by atoms with Crippen molar-refractivity contribution in [3.05, 3.63) is 59.7 Å². The third kappa shape index (κ3) is 11.5. The number of carbonyl (C=O) groups excluding carboxylic acids is 2. The Morgan fingerprint density at radius 2 is 1.56 bits per heavy atom. The molecule has 0 saturated heterocycles. The van der Waals surface area contributed by atoms with E-state index in [0.717, 1.165) is 23.3 Å². The largest absolute Gasteiger partial charge is 0.497 e. The highest BCUT2D eigenvalue weighted by Crippen LogP contribution is 2.12. The van der Waals surface area contributed by atoms with Gasteiger partial charge in [-0.2, -0.15) is 0 Å². The number of ketones is 1. The van der Waals surface area contributed by atoms with Gasteiger partial charge in [-0.1, -0.05) is 51.0 Å². The number of hydrogen-bond acceptors (Lipinski definition) is 4. The van der Waals surface area contributed by atoms with Crippen LogP contribution in [0.15, 0.2) is 48.5 Å². The first-order chi connectivity index (χ1) is 15.4. The van der Waals surface area contributed by atoms with Crippen LogP contribution >= 0.6 is 0 Å². The molecule has 6 heteroatoms. The molecule has 6 nitrogen and oxygen atoms in total. The quantitative estimate of drug-likeness (QED) is 0.464. The van der Waals surface area contributed by atoms with Crippen LogP contribution in [0, 0.1) is 0 Å². The van der Waals surface area contributed by atoms with E-state index in [0.29, 0.717) is 24.8 Å². The van der Waals surface area contributed by atoms with Crippen molar-refractivity contribution < 1.29 is 19.1 Å². The number of unbranched alkanes of at least 4 members (excludes halogenated alkanes) is 1. The summed E-state index contributed by atoms with van der Waals surface area (Å²) < 4.78 is 10.3.